The highest BCUT2D eigenvalue weighted by Crippen LogP contribution is 2.44. The highest BCUT2D eigenvalue weighted by Gasteiger charge is 2.51. The number of likely N-dealkylation sites (tertiary alicyclic amines) is 1. The van der Waals surface area contributed by atoms with E-state index in [2.05, 4.69) is 38.2 Å². The minimum Gasteiger partial charge on any atom is -0.468 e. The van der Waals surface area contributed by atoms with Gasteiger partial charge >= 0.3 is 12.1 Å². The molecule has 0 bridgehead atoms. The van der Waals surface area contributed by atoms with Crippen molar-refractivity contribution in [3.63, 3.8) is 0 Å². The fourth-order valence-corrected chi connectivity index (χ4v) is 14.8. The van der Waals surface area contributed by atoms with Gasteiger partial charge in [-0.3, -0.25) is 19.5 Å². The van der Waals surface area contributed by atoms with Gasteiger partial charge in [-0.15, -0.1) is 11.3 Å². The third kappa shape index (κ3) is 12.3. The number of aliphatic hydroxyl groups is 1. The molecule has 0 saturated carbocycles. The molecule has 5 aliphatic heterocycles. The largest absolute Gasteiger partial charge is 0.468 e. The number of carbonyl (C=O) groups is 3. The van der Waals surface area contributed by atoms with Crippen LogP contribution in [0.3, 0.4) is 0 Å². The second-order valence-corrected chi connectivity index (χ2v) is 25.5. The van der Waals surface area contributed by atoms with E-state index in [0.29, 0.717) is 66.9 Å². The van der Waals surface area contributed by atoms with Gasteiger partial charge in [0.25, 0.3) is 0 Å². The Morgan fingerprint density at radius 2 is 1.70 bits per heavy atom. The molecule has 6 atom stereocenters. The molecule has 0 radical (unpaired) electrons. The fraction of sp³-hybridized carbons (Fsp3) is 0.515. The molecule has 7 aromatic rings. The standard InChI is InChI=1S/C66H80FN11O9S/c1-7-43-14-12-15-46-30-49(86-39-83-6)32-50(56(43)46)58-57(67)59-51(34-68-58)61(75-23-10-8-9-11-24-75)72-64(71-59)85-37-66-21-13-25-78(66)47(20-22-66)36-84-65(82)76-28-26-74(27-29-76)54-33-53(87-73-54)55(40(2)3)63(81)77-35-48(79)31-52(77)62(80)70-41(4)44-16-18-45(19-17-44)60-42(5)69-38-88-60/h12,14-19,30,32-34,38,40-41,47-48,52,55,79H,7-11,13,20-29,31,35-37,39H2,1-6H3,(H,70,80)/t41-,47?,48+,52-,55-,66+/m0/s1. The summed E-state index contributed by atoms with van der Waals surface area (Å²) in [5.41, 5.74) is 6.43. The molecule has 4 aromatic heterocycles. The molecule has 5 fully saturated rings. The summed E-state index contributed by atoms with van der Waals surface area (Å²) in [4.78, 5) is 72.2. The zero-order valence-corrected chi connectivity index (χ0v) is 52.0. The summed E-state index contributed by atoms with van der Waals surface area (Å²) in [6.07, 6.45) is 9.04. The number of carbonyl (C=O) groups excluding carboxylic acids is 3. The molecule has 9 heterocycles. The molecular weight excluding hydrogens is 1140 g/mol. The number of thiazole rings is 1. The molecule has 1 unspecified atom stereocenters. The lowest BCUT2D eigenvalue weighted by atomic mass is 9.91. The van der Waals surface area contributed by atoms with Crippen molar-refractivity contribution in [2.24, 2.45) is 5.92 Å². The Bertz CT molecular complexity index is 3640. The summed E-state index contributed by atoms with van der Waals surface area (Å²) < 4.78 is 47.4. The Morgan fingerprint density at radius 3 is 2.44 bits per heavy atom. The van der Waals surface area contributed by atoms with Gasteiger partial charge in [0.1, 0.15) is 48.0 Å². The van der Waals surface area contributed by atoms with E-state index in [1.54, 1.807) is 35.6 Å². The fourth-order valence-electron chi connectivity index (χ4n) is 14.0. The maximum absolute atomic E-state index is 17.6. The summed E-state index contributed by atoms with van der Waals surface area (Å²) in [6.45, 7) is 14.5. The average Bonchev–Trinajstić information content (AvgIpc) is 2.51. The summed E-state index contributed by atoms with van der Waals surface area (Å²) in [7, 11) is 1.56. The summed E-state index contributed by atoms with van der Waals surface area (Å²) in [6, 6.07) is 18.5. The van der Waals surface area contributed by atoms with Crippen molar-refractivity contribution in [2.75, 3.05) is 89.3 Å². The molecular formula is C66H80FN11O9S. The molecule has 0 aliphatic carbocycles. The van der Waals surface area contributed by atoms with Crippen LogP contribution < -0.4 is 24.6 Å². The number of nitrogens with zero attached hydrogens (tertiary/aromatic N) is 10. The van der Waals surface area contributed by atoms with Crippen LogP contribution >= 0.6 is 11.3 Å². The molecule has 466 valence electrons. The predicted molar refractivity (Wildman–Crippen MR) is 334 cm³/mol. The van der Waals surface area contributed by atoms with Crippen molar-refractivity contribution in [1.82, 2.24) is 45.1 Å². The number of pyridine rings is 1. The molecule has 5 aliphatic rings. The van der Waals surface area contributed by atoms with Gasteiger partial charge in [0.15, 0.2) is 24.2 Å². The van der Waals surface area contributed by atoms with Crippen molar-refractivity contribution in [3.8, 4) is 33.5 Å². The van der Waals surface area contributed by atoms with Gasteiger partial charge in [-0.25, -0.2) is 14.2 Å². The quantitative estimate of drug-likeness (QED) is 0.0720. The highest BCUT2D eigenvalue weighted by molar-refractivity contribution is 7.13. The number of aromatic nitrogens is 5. The number of ether oxygens (including phenoxy) is 4. The van der Waals surface area contributed by atoms with Crippen LogP contribution in [0.5, 0.6) is 11.8 Å². The van der Waals surface area contributed by atoms with Crippen LogP contribution in [0, 0.1) is 18.7 Å². The number of hydrogen-bond donors (Lipinski definition) is 2. The van der Waals surface area contributed by atoms with Gasteiger partial charge in [-0.2, -0.15) is 9.97 Å². The number of benzene rings is 3. The first-order valence-electron chi connectivity index (χ1n) is 31.3. The number of rotatable bonds is 19. The van der Waals surface area contributed by atoms with E-state index in [9.17, 15) is 19.5 Å². The van der Waals surface area contributed by atoms with E-state index in [-0.39, 0.29) is 85.0 Å². The number of anilines is 2. The van der Waals surface area contributed by atoms with Gasteiger partial charge < -0.3 is 53.5 Å². The second-order valence-electron chi connectivity index (χ2n) is 24.7. The number of nitrogens with one attached hydrogen (secondary N) is 1. The lowest BCUT2D eigenvalue weighted by Crippen LogP contribution is -2.50. The summed E-state index contributed by atoms with van der Waals surface area (Å²) >= 11 is 1.58. The Hall–Kier alpha value is -7.53. The van der Waals surface area contributed by atoms with Gasteiger partial charge in [0, 0.05) is 83.2 Å². The molecule has 3 amide bonds. The van der Waals surface area contributed by atoms with Crippen molar-refractivity contribution in [2.45, 2.75) is 135 Å². The highest BCUT2D eigenvalue weighted by atomic mass is 32.1. The monoisotopic (exact) mass is 1220 g/mol. The number of aryl methyl sites for hydroxylation is 2. The number of aliphatic hydroxyl groups excluding tert-OH is 1. The average molecular weight is 1220 g/mol. The zero-order valence-electron chi connectivity index (χ0n) is 51.2. The SMILES string of the molecule is CCc1cccc2cc(OCOC)cc(-c3ncc4c(N5CCCCCC5)nc(OC[C@]56CCCN5C(COC(=O)N5CCN(c7cc([C@@H](C(=O)N8C[C@H](O)C[C@H]8C(=O)N[C@@H](C)c8ccc(-c9scnc9C)cc8)C(C)C)on7)CC5)CC6)nc4c3F)c12. The van der Waals surface area contributed by atoms with Crippen LogP contribution in [-0.4, -0.2) is 166 Å². The molecule has 5 saturated heterocycles. The van der Waals surface area contributed by atoms with Gasteiger partial charge in [0.2, 0.25) is 11.8 Å². The first-order valence-corrected chi connectivity index (χ1v) is 32.2. The Morgan fingerprint density at radius 1 is 0.909 bits per heavy atom. The summed E-state index contributed by atoms with van der Waals surface area (Å²) in [5.74, 6) is -0.0842. The van der Waals surface area contributed by atoms with Crippen LogP contribution in [0.15, 0.2) is 76.9 Å². The number of halogens is 1. The molecule has 2 N–H and O–H groups in total. The zero-order chi connectivity index (χ0) is 61.2. The van der Waals surface area contributed by atoms with Crippen molar-refractivity contribution < 1.29 is 47.4 Å². The Balaban J connectivity index is 0.672. The van der Waals surface area contributed by atoms with E-state index in [0.717, 1.165) is 115 Å². The Labute approximate surface area is 516 Å². The summed E-state index contributed by atoms with van der Waals surface area (Å²) in [5, 5.41) is 20.7. The van der Waals surface area contributed by atoms with Crippen molar-refractivity contribution >= 4 is 62.6 Å². The minimum absolute atomic E-state index is 0.0103. The van der Waals surface area contributed by atoms with E-state index in [1.165, 1.54) is 4.90 Å². The van der Waals surface area contributed by atoms with Crippen molar-refractivity contribution in [3.05, 3.63) is 101 Å². The topological polar surface area (TPSA) is 214 Å². The van der Waals surface area contributed by atoms with Crippen LogP contribution in [0.1, 0.15) is 120 Å². The number of amides is 3. The molecule has 88 heavy (non-hydrogen) atoms. The van der Waals surface area contributed by atoms with Gasteiger partial charge in [-0.05, 0) is 111 Å². The van der Waals surface area contributed by atoms with Gasteiger partial charge in [0.05, 0.1) is 39.2 Å². The number of piperazine rings is 1. The first kappa shape index (κ1) is 60.7. The number of fused-ring (bicyclic) bond motifs is 3. The molecule has 12 rings (SSSR count). The maximum Gasteiger partial charge on any atom is 0.409 e. The smallest absolute Gasteiger partial charge is 0.409 e. The van der Waals surface area contributed by atoms with Crippen LogP contribution in [0.2, 0.25) is 0 Å². The van der Waals surface area contributed by atoms with Crippen molar-refractivity contribution in [1.29, 1.82) is 0 Å². The molecule has 22 heteroatoms. The number of methoxy groups -OCH3 is 1. The van der Waals surface area contributed by atoms with E-state index >= 15 is 4.39 Å². The Kier molecular flexibility index (Phi) is 18.1. The normalized spacial score (nSPS) is 21.5. The lowest BCUT2D eigenvalue weighted by Gasteiger charge is -2.36. The molecule has 20 nitrogen and oxygen atoms in total. The maximum atomic E-state index is 17.6. The lowest BCUT2D eigenvalue weighted by molar-refractivity contribution is -0.141. The first-order chi connectivity index (χ1) is 42.7. The third-order valence-corrected chi connectivity index (χ3v) is 19.7. The van der Waals surface area contributed by atoms with E-state index < -0.39 is 23.9 Å². The van der Waals surface area contributed by atoms with E-state index in [4.69, 9.17) is 38.4 Å². The predicted octanol–water partition coefficient (Wildman–Crippen LogP) is 10.2. The van der Waals surface area contributed by atoms with Crippen LogP contribution in [-0.2, 0) is 25.5 Å². The van der Waals surface area contributed by atoms with Gasteiger partial charge in [-0.1, -0.05) is 81.2 Å². The van der Waals surface area contributed by atoms with Crippen LogP contribution in [0.25, 0.3) is 43.4 Å². The number of β-amino-alcohol motifs (C(OH)–C–C–N with tert-alkyl or cyclic N) is 1. The minimum atomic E-state index is -0.864. The van der Waals surface area contributed by atoms with E-state index in [1.807, 2.05) is 86.6 Å². The molecule has 0 spiro atoms. The molecule has 3 aromatic carbocycles. The third-order valence-electron chi connectivity index (χ3n) is 18.7. The van der Waals surface area contributed by atoms with Crippen LogP contribution in [0.4, 0.5) is 20.8 Å². The second kappa shape index (κ2) is 26.3. The number of hydrogen-bond acceptors (Lipinski definition) is 18.